The molecule has 0 fully saturated rings. The maximum atomic E-state index is 12.6. The Labute approximate surface area is 129 Å². The third-order valence-corrected chi connectivity index (χ3v) is 4.41. The van der Waals surface area contributed by atoms with Crippen LogP contribution >= 0.6 is 11.3 Å². The lowest BCUT2D eigenvalue weighted by Gasteiger charge is -2.25. The Morgan fingerprint density at radius 2 is 2.24 bits per heavy atom. The van der Waals surface area contributed by atoms with Gasteiger partial charge in [0.15, 0.2) is 0 Å². The first-order chi connectivity index (χ1) is 10.0. The van der Waals surface area contributed by atoms with Crippen LogP contribution in [0.2, 0.25) is 0 Å². The minimum atomic E-state index is 0.0288. The smallest absolute Gasteiger partial charge is 0.254 e. The summed E-state index contributed by atoms with van der Waals surface area (Å²) in [4.78, 5) is 20.0. The Bertz CT molecular complexity index is 610. The fourth-order valence-corrected chi connectivity index (χ4v) is 3.01. The standard InChI is InChI=1S/C16H21N3OS/c1-11-8-13(10-15(17-3)18-11)16(20)19(4)12(2)9-14-6-5-7-21-14/h5-8,10,12H,9H2,1-4H3,(H,17,18). The molecule has 0 saturated carbocycles. The molecule has 4 nitrogen and oxygen atoms in total. The number of carbonyl (C=O) groups excluding carboxylic acids is 1. The fraction of sp³-hybridized carbons (Fsp3) is 0.375. The molecular formula is C16H21N3OS. The van der Waals surface area contributed by atoms with Crippen LogP contribution in [0.5, 0.6) is 0 Å². The van der Waals surface area contributed by atoms with Gasteiger partial charge in [0.2, 0.25) is 0 Å². The second-order valence-electron chi connectivity index (χ2n) is 5.18. The van der Waals surface area contributed by atoms with Gasteiger partial charge in [0, 0.05) is 42.7 Å². The molecule has 0 spiro atoms. The van der Waals surface area contributed by atoms with E-state index in [0.717, 1.165) is 17.9 Å². The number of amides is 1. The summed E-state index contributed by atoms with van der Waals surface area (Å²) >= 11 is 1.73. The van der Waals surface area contributed by atoms with Gasteiger partial charge < -0.3 is 10.2 Å². The molecule has 21 heavy (non-hydrogen) atoms. The second kappa shape index (κ2) is 6.72. The Morgan fingerprint density at radius 1 is 1.48 bits per heavy atom. The summed E-state index contributed by atoms with van der Waals surface area (Å²) in [6.07, 6.45) is 0.878. The van der Waals surface area contributed by atoms with Gasteiger partial charge in [-0.1, -0.05) is 6.07 Å². The van der Waals surface area contributed by atoms with Gasteiger partial charge in [-0.3, -0.25) is 4.79 Å². The van der Waals surface area contributed by atoms with Crippen molar-refractivity contribution in [3.8, 4) is 0 Å². The van der Waals surface area contributed by atoms with Crippen molar-refractivity contribution in [1.82, 2.24) is 9.88 Å². The molecule has 0 aliphatic carbocycles. The molecule has 2 aromatic rings. The van der Waals surface area contributed by atoms with Crippen LogP contribution in [0.3, 0.4) is 0 Å². The minimum Gasteiger partial charge on any atom is -0.373 e. The number of hydrogen-bond donors (Lipinski definition) is 1. The largest absolute Gasteiger partial charge is 0.373 e. The third kappa shape index (κ3) is 3.82. The van der Waals surface area contributed by atoms with Crippen LogP contribution in [0.4, 0.5) is 5.82 Å². The van der Waals surface area contributed by atoms with Crippen LogP contribution in [-0.2, 0) is 6.42 Å². The van der Waals surface area contributed by atoms with Crippen molar-refractivity contribution >= 4 is 23.1 Å². The summed E-state index contributed by atoms with van der Waals surface area (Å²) < 4.78 is 0. The lowest BCUT2D eigenvalue weighted by molar-refractivity contribution is 0.0744. The average molecular weight is 303 g/mol. The summed E-state index contributed by atoms with van der Waals surface area (Å²) in [6.45, 7) is 3.97. The number of aryl methyl sites for hydroxylation is 1. The first-order valence-corrected chi connectivity index (χ1v) is 7.85. The molecule has 0 saturated heterocycles. The maximum Gasteiger partial charge on any atom is 0.254 e. The van der Waals surface area contributed by atoms with E-state index >= 15 is 0 Å². The van der Waals surface area contributed by atoms with E-state index in [1.807, 2.05) is 26.1 Å². The second-order valence-corrected chi connectivity index (χ2v) is 6.21. The van der Waals surface area contributed by atoms with Crippen LogP contribution in [-0.4, -0.2) is 35.9 Å². The first kappa shape index (κ1) is 15.5. The number of carbonyl (C=O) groups is 1. The highest BCUT2D eigenvalue weighted by atomic mass is 32.1. The van der Waals surface area contributed by atoms with E-state index in [1.165, 1.54) is 4.88 Å². The molecular weight excluding hydrogens is 282 g/mol. The van der Waals surface area contributed by atoms with Gasteiger partial charge in [-0.2, -0.15) is 0 Å². The number of aromatic nitrogens is 1. The highest BCUT2D eigenvalue weighted by Gasteiger charge is 2.19. The lowest BCUT2D eigenvalue weighted by atomic mass is 10.1. The number of rotatable bonds is 5. The van der Waals surface area contributed by atoms with Crippen molar-refractivity contribution in [2.45, 2.75) is 26.3 Å². The van der Waals surface area contributed by atoms with Gasteiger partial charge in [-0.05, 0) is 37.4 Å². The number of nitrogens with zero attached hydrogens (tertiary/aromatic N) is 2. The summed E-state index contributed by atoms with van der Waals surface area (Å²) in [6, 6.07) is 7.93. The topological polar surface area (TPSA) is 45.2 Å². The van der Waals surface area contributed by atoms with E-state index < -0.39 is 0 Å². The molecule has 0 aliphatic rings. The molecule has 1 unspecified atom stereocenters. The quantitative estimate of drug-likeness (QED) is 0.922. The van der Waals surface area contributed by atoms with E-state index in [4.69, 9.17) is 0 Å². The van der Waals surface area contributed by atoms with E-state index in [-0.39, 0.29) is 11.9 Å². The Hall–Kier alpha value is -1.88. The summed E-state index contributed by atoms with van der Waals surface area (Å²) in [5, 5.41) is 5.05. The fourth-order valence-electron chi connectivity index (χ4n) is 2.18. The van der Waals surface area contributed by atoms with E-state index in [1.54, 1.807) is 29.4 Å². The molecule has 1 amide bonds. The molecule has 0 aromatic carbocycles. The molecule has 0 bridgehead atoms. The van der Waals surface area contributed by atoms with Crippen molar-refractivity contribution in [2.75, 3.05) is 19.4 Å². The van der Waals surface area contributed by atoms with Crippen LogP contribution < -0.4 is 5.32 Å². The summed E-state index contributed by atoms with van der Waals surface area (Å²) in [5.74, 6) is 0.749. The predicted octanol–water partition coefficient (Wildman–Crippen LogP) is 3.20. The SMILES string of the molecule is CNc1cc(C(=O)N(C)C(C)Cc2cccs2)cc(C)n1. The minimum absolute atomic E-state index is 0.0288. The average Bonchev–Trinajstić information content (AvgIpc) is 2.97. The number of anilines is 1. The molecule has 0 aliphatic heterocycles. The van der Waals surface area contributed by atoms with Crippen molar-refractivity contribution < 1.29 is 4.79 Å². The van der Waals surface area contributed by atoms with Gasteiger partial charge >= 0.3 is 0 Å². The lowest BCUT2D eigenvalue weighted by Crippen LogP contribution is -2.36. The Morgan fingerprint density at radius 3 is 2.86 bits per heavy atom. The van der Waals surface area contributed by atoms with Gasteiger partial charge in [0.05, 0.1) is 0 Å². The molecule has 2 aromatic heterocycles. The van der Waals surface area contributed by atoms with Crippen LogP contribution in [0.25, 0.3) is 0 Å². The zero-order valence-electron chi connectivity index (χ0n) is 12.9. The maximum absolute atomic E-state index is 12.6. The summed E-state index contributed by atoms with van der Waals surface area (Å²) in [7, 11) is 3.66. The number of hydrogen-bond acceptors (Lipinski definition) is 4. The zero-order chi connectivity index (χ0) is 15.4. The molecule has 2 rings (SSSR count). The molecule has 2 heterocycles. The predicted molar refractivity (Wildman–Crippen MR) is 88.1 cm³/mol. The number of thiophene rings is 1. The van der Waals surface area contributed by atoms with Crippen molar-refractivity contribution in [1.29, 1.82) is 0 Å². The summed E-state index contributed by atoms with van der Waals surface area (Å²) in [5.41, 5.74) is 1.51. The highest BCUT2D eigenvalue weighted by Crippen LogP contribution is 2.17. The van der Waals surface area contributed by atoms with E-state index in [9.17, 15) is 4.79 Å². The van der Waals surface area contributed by atoms with Gasteiger partial charge in [-0.25, -0.2) is 4.98 Å². The molecule has 112 valence electrons. The molecule has 5 heteroatoms. The van der Waals surface area contributed by atoms with Gasteiger partial charge in [0.1, 0.15) is 5.82 Å². The van der Waals surface area contributed by atoms with Crippen LogP contribution in [0, 0.1) is 6.92 Å². The molecule has 0 radical (unpaired) electrons. The first-order valence-electron chi connectivity index (χ1n) is 6.97. The van der Waals surface area contributed by atoms with Gasteiger partial charge in [-0.15, -0.1) is 11.3 Å². The Kier molecular flexibility index (Phi) is 4.96. The monoisotopic (exact) mass is 303 g/mol. The van der Waals surface area contributed by atoms with Gasteiger partial charge in [0.25, 0.3) is 5.91 Å². The van der Waals surface area contributed by atoms with Crippen LogP contribution in [0.1, 0.15) is 27.9 Å². The van der Waals surface area contributed by atoms with Crippen molar-refractivity contribution in [2.24, 2.45) is 0 Å². The number of nitrogens with one attached hydrogen (secondary N) is 1. The zero-order valence-corrected chi connectivity index (χ0v) is 13.7. The van der Waals surface area contributed by atoms with Crippen molar-refractivity contribution in [3.63, 3.8) is 0 Å². The van der Waals surface area contributed by atoms with Crippen LogP contribution in [0.15, 0.2) is 29.6 Å². The molecule has 1 atom stereocenters. The Balaban J connectivity index is 2.13. The number of likely N-dealkylation sites (N-methyl/N-ethyl adjacent to an activating group) is 1. The van der Waals surface area contributed by atoms with E-state index in [2.05, 4.69) is 28.7 Å². The van der Waals surface area contributed by atoms with E-state index in [0.29, 0.717) is 5.56 Å². The molecule has 1 N–H and O–H groups in total. The van der Waals surface area contributed by atoms with Crippen molar-refractivity contribution in [3.05, 3.63) is 45.8 Å². The number of pyridine rings is 1. The third-order valence-electron chi connectivity index (χ3n) is 3.51. The normalized spacial score (nSPS) is 12.0. The highest BCUT2D eigenvalue weighted by molar-refractivity contribution is 7.09.